The van der Waals surface area contributed by atoms with Crippen molar-refractivity contribution in [2.75, 3.05) is 37.2 Å². The normalized spacial score (nSPS) is 26.5. The van der Waals surface area contributed by atoms with E-state index in [2.05, 4.69) is 32.0 Å². The van der Waals surface area contributed by atoms with Crippen molar-refractivity contribution in [3.05, 3.63) is 24.5 Å². The summed E-state index contributed by atoms with van der Waals surface area (Å²) in [5, 5.41) is 13.2. The largest absolute Gasteiger partial charge is 0.399 e. The average Bonchev–Trinajstić information content (AvgIpc) is 3.53. The first-order chi connectivity index (χ1) is 14.5. The predicted octanol–water partition coefficient (Wildman–Crippen LogP) is 3.33. The number of anilines is 2. The summed E-state index contributed by atoms with van der Waals surface area (Å²) in [5.74, 6) is 1.78. The second kappa shape index (κ2) is 7.69. The number of hydrogen-bond donors (Lipinski definition) is 3. The first kappa shape index (κ1) is 19.5. The maximum Gasteiger partial charge on any atom is 0.137 e. The van der Waals surface area contributed by atoms with Crippen LogP contribution < -0.4 is 11.1 Å². The van der Waals surface area contributed by atoms with E-state index < -0.39 is 0 Å². The Hall–Kier alpha value is -2.41. The highest BCUT2D eigenvalue weighted by Gasteiger charge is 2.44. The molecule has 2 saturated carbocycles. The predicted molar refractivity (Wildman–Crippen MR) is 122 cm³/mol. The van der Waals surface area contributed by atoms with Crippen LogP contribution in [0.15, 0.2) is 24.5 Å². The lowest BCUT2D eigenvalue weighted by Crippen LogP contribution is -2.54. The monoisotopic (exact) mass is 407 g/mol. The molecule has 4 N–H and O–H groups in total. The van der Waals surface area contributed by atoms with Crippen LogP contribution in [-0.2, 0) is 0 Å². The van der Waals surface area contributed by atoms with Gasteiger partial charge in [0, 0.05) is 54.8 Å². The fraction of sp³-hybridized carbons (Fsp3) is 0.609. The fourth-order valence-corrected chi connectivity index (χ4v) is 5.08. The molecule has 0 radical (unpaired) electrons. The van der Waals surface area contributed by atoms with E-state index in [9.17, 15) is 0 Å². The minimum absolute atomic E-state index is 0.182. The minimum atomic E-state index is 0.182. The standard InChI is InChI=1S/C23H33N7/c1-23(8-9-23)22(25)30-12-10-29(11-13-30)18-5-3-17(4-6-18)28-21-19-14-16(24)2-7-20(19)26-15-27-21/h2,7,14-15,17-18,25H,3-6,8-13,24H2,1H3,(H,26,27,28)/t17-,18-. The van der Waals surface area contributed by atoms with Gasteiger partial charge in [-0.25, -0.2) is 9.97 Å². The van der Waals surface area contributed by atoms with E-state index >= 15 is 0 Å². The Labute approximate surface area is 178 Å². The zero-order valence-electron chi connectivity index (χ0n) is 17.9. The molecule has 2 aromatic rings. The molecule has 1 saturated heterocycles. The third-order valence-corrected chi connectivity index (χ3v) is 7.42. The van der Waals surface area contributed by atoms with Crippen molar-refractivity contribution in [3.63, 3.8) is 0 Å². The number of rotatable bonds is 4. The number of hydrogen-bond acceptors (Lipinski definition) is 6. The second-order valence-corrected chi connectivity index (χ2v) is 9.58. The maximum atomic E-state index is 8.49. The van der Waals surface area contributed by atoms with Crippen LogP contribution in [0.3, 0.4) is 0 Å². The van der Waals surface area contributed by atoms with Gasteiger partial charge in [-0.05, 0) is 56.7 Å². The number of nitrogens with two attached hydrogens (primary N) is 1. The second-order valence-electron chi connectivity index (χ2n) is 9.58. The molecule has 30 heavy (non-hydrogen) atoms. The summed E-state index contributed by atoms with van der Waals surface area (Å²) in [7, 11) is 0. The maximum absolute atomic E-state index is 8.49. The van der Waals surface area contributed by atoms with Gasteiger partial charge < -0.3 is 16.0 Å². The van der Waals surface area contributed by atoms with Crippen molar-refractivity contribution >= 4 is 28.2 Å². The third kappa shape index (κ3) is 3.83. The van der Waals surface area contributed by atoms with Crippen LogP contribution >= 0.6 is 0 Å². The van der Waals surface area contributed by atoms with E-state index in [1.807, 2.05) is 18.2 Å². The Kier molecular flexibility index (Phi) is 5.01. The van der Waals surface area contributed by atoms with Crippen LogP contribution in [0, 0.1) is 10.8 Å². The van der Waals surface area contributed by atoms with Gasteiger partial charge in [-0.2, -0.15) is 0 Å². The molecule has 0 amide bonds. The van der Waals surface area contributed by atoms with Crippen molar-refractivity contribution in [1.82, 2.24) is 19.8 Å². The number of amidine groups is 1. The highest BCUT2D eigenvalue weighted by atomic mass is 15.3. The summed E-state index contributed by atoms with van der Waals surface area (Å²) in [6, 6.07) is 6.93. The van der Waals surface area contributed by atoms with Crippen LogP contribution in [0.1, 0.15) is 45.4 Å². The van der Waals surface area contributed by atoms with Crippen LogP contribution in [0.4, 0.5) is 11.5 Å². The molecule has 0 bridgehead atoms. The van der Waals surface area contributed by atoms with Crippen LogP contribution in [0.25, 0.3) is 10.9 Å². The number of benzene rings is 1. The molecule has 1 aromatic carbocycles. The molecule has 0 atom stereocenters. The third-order valence-electron chi connectivity index (χ3n) is 7.42. The van der Waals surface area contributed by atoms with Crippen molar-refractivity contribution in [3.8, 4) is 0 Å². The van der Waals surface area contributed by atoms with Gasteiger partial charge in [0.25, 0.3) is 0 Å². The Morgan fingerprint density at radius 2 is 1.83 bits per heavy atom. The van der Waals surface area contributed by atoms with Gasteiger partial charge in [-0.1, -0.05) is 6.92 Å². The lowest BCUT2D eigenvalue weighted by atomic mass is 9.89. The highest BCUT2D eigenvalue weighted by Crippen LogP contribution is 2.46. The molecule has 3 aliphatic rings. The van der Waals surface area contributed by atoms with Crippen LogP contribution in [0.5, 0.6) is 0 Å². The number of nitrogen functional groups attached to an aromatic ring is 1. The summed E-state index contributed by atoms with van der Waals surface area (Å²) in [5.41, 5.74) is 7.83. The first-order valence-electron chi connectivity index (χ1n) is 11.4. The SMILES string of the molecule is CC1(C(=N)N2CCN([C@H]3CC[C@H](Nc4ncnc5ccc(N)cc45)CC3)CC2)CC1. The van der Waals surface area contributed by atoms with Gasteiger partial charge in [0.15, 0.2) is 0 Å². The van der Waals surface area contributed by atoms with Crippen molar-refractivity contribution in [2.45, 2.75) is 57.5 Å². The molecule has 1 aromatic heterocycles. The Balaban J connectivity index is 1.14. The fourth-order valence-electron chi connectivity index (χ4n) is 5.08. The van der Waals surface area contributed by atoms with Crippen LogP contribution in [0.2, 0.25) is 0 Å². The van der Waals surface area contributed by atoms with Crippen molar-refractivity contribution in [2.24, 2.45) is 5.41 Å². The van der Waals surface area contributed by atoms with Gasteiger partial charge in [0.2, 0.25) is 0 Å². The summed E-state index contributed by atoms with van der Waals surface area (Å²) < 4.78 is 0. The minimum Gasteiger partial charge on any atom is -0.399 e. The van der Waals surface area contributed by atoms with Gasteiger partial charge in [0.1, 0.15) is 18.0 Å². The topological polar surface area (TPSA) is 94.2 Å². The lowest BCUT2D eigenvalue weighted by molar-refractivity contribution is 0.102. The van der Waals surface area contributed by atoms with E-state index in [1.54, 1.807) is 6.33 Å². The molecule has 3 fully saturated rings. The molecule has 1 aliphatic heterocycles. The number of aromatic nitrogens is 2. The van der Waals surface area contributed by atoms with E-state index in [1.165, 1.54) is 25.7 Å². The molecule has 0 spiro atoms. The molecule has 2 heterocycles. The summed E-state index contributed by atoms with van der Waals surface area (Å²) in [4.78, 5) is 13.8. The zero-order valence-corrected chi connectivity index (χ0v) is 17.9. The number of nitrogens with one attached hydrogen (secondary N) is 2. The van der Waals surface area contributed by atoms with E-state index in [-0.39, 0.29) is 5.41 Å². The van der Waals surface area contributed by atoms with Crippen molar-refractivity contribution in [1.29, 1.82) is 5.41 Å². The molecule has 7 heteroatoms. The molecule has 0 unspecified atom stereocenters. The molecular weight excluding hydrogens is 374 g/mol. The summed E-state index contributed by atoms with van der Waals surface area (Å²) >= 11 is 0. The average molecular weight is 408 g/mol. The van der Waals surface area contributed by atoms with Crippen molar-refractivity contribution < 1.29 is 0 Å². The smallest absolute Gasteiger partial charge is 0.137 e. The lowest BCUT2D eigenvalue weighted by Gasteiger charge is -2.43. The van der Waals surface area contributed by atoms with Gasteiger partial charge >= 0.3 is 0 Å². The number of fused-ring (bicyclic) bond motifs is 1. The molecule has 160 valence electrons. The van der Waals surface area contributed by atoms with Crippen LogP contribution in [-0.4, -0.2) is 63.9 Å². The Bertz CT molecular complexity index is 922. The van der Waals surface area contributed by atoms with Gasteiger partial charge in [-0.3, -0.25) is 10.3 Å². The van der Waals surface area contributed by atoms with E-state index in [4.69, 9.17) is 11.1 Å². The molecular formula is C23H33N7. The molecule has 2 aliphatic carbocycles. The van der Waals surface area contributed by atoms with Gasteiger partial charge in [0.05, 0.1) is 5.52 Å². The quantitative estimate of drug-likeness (QED) is 0.409. The summed E-state index contributed by atoms with van der Waals surface area (Å²) in [6.45, 7) is 6.46. The zero-order chi connectivity index (χ0) is 20.7. The van der Waals surface area contributed by atoms with Gasteiger partial charge in [-0.15, -0.1) is 0 Å². The van der Waals surface area contributed by atoms with E-state index in [0.717, 1.165) is 67.3 Å². The number of piperazine rings is 1. The van der Waals surface area contributed by atoms with E-state index in [0.29, 0.717) is 12.1 Å². The number of nitrogens with zero attached hydrogens (tertiary/aromatic N) is 4. The Morgan fingerprint density at radius 3 is 2.53 bits per heavy atom. The summed E-state index contributed by atoms with van der Waals surface area (Å²) in [6.07, 6.45) is 8.77. The first-order valence-corrected chi connectivity index (χ1v) is 11.4. The Morgan fingerprint density at radius 1 is 1.10 bits per heavy atom. The highest BCUT2D eigenvalue weighted by molar-refractivity contribution is 5.91. The molecule has 7 nitrogen and oxygen atoms in total. The molecule has 5 rings (SSSR count).